The Kier molecular flexibility index (Phi) is 4.91. The largest absolute Gasteiger partial charge is 0.497 e. The van der Waals surface area contributed by atoms with Crippen LogP contribution in [-0.4, -0.2) is 19.3 Å². The van der Waals surface area contributed by atoms with Gasteiger partial charge < -0.3 is 14.6 Å². The van der Waals surface area contributed by atoms with Crippen LogP contribution in [0.2, 0.25) is 5.02 Å². The summed E-state index contributed by atoms with van der Waals surface area (Å²) in [5.74, 6) is 1.24. The fourth-order valence-corrected chi connectivity index (χ4v) is 2.34. The average molecular weight is 358 g/mol. The van der Waals surface area contributed by atoms with Gasteiger partial charge in [-0.25, -0.2) is 0 Å². The van der Waals surface area contributed by atoms with Gasteiger partial charge in [0.25, 0.3) is 0 Å². The van der Waals surface area contributed by atoms with Crippen LogP contribution in [0, 0.1) is 0 Å². The number of halogens is 2. The van der Waals surface area contributed by atoms with Crippen molar-refractivity contribution in [1.82, 2.24) is 0 Å². The Morgan fingerprint density at radius 3 is 2.45 bits per heavy atom. The topological polar surface area (TPSA) is 38.7 Å². The molecule has 20 heavy (non-hydrogen) atoms. The summed E-state index contributed by atoms with van der Waals surface area (Å²) in [6, 6.07) is 10.6. The average Bonchev–Trinajstić information content (AvgIpc) is 2.48. The van der Waals surface area contributed by atoms with Gasteiger partial charge in [0.05, 0.1) is 19.2 Å². The summed E-state index contributed by atoms with van der Waals surface area (Å²) in [5, 5.41) is 11.0. The van der Waals surface area contributed by atoms with Crippen molar-refractivity contribution in [2.75, 3.05) is 14.2 Å². The van der Waals surface area contributed by atoms with Gasteiger partial charge in [-0.2, -0.15) is 0 Å². The molecule has 2 aromatic carbocycles. The van der Waals surface area contributed by atoms with Crippen molar-refractivity contribution in [3.05, 3.63) is 57.0 Å². The number of hydrogen-bond acceptors (Lipinski definition) is 3. The zero-order valence-electron chi connectivity index (χ0n) is 11.1. The maximum atomic E-state index is 10.5. The zero-order valence-corrected chi connectivity index (χ0v) is 13.4. The normalized spacial score (nSPS) is 12.1. The molecule has 0 aliphatic heterocycles. The molecule has 1 atom stereocenters. The monoisotopic (exact) mass is 356 g/mol. The smallest absolute Gasteiger partial charge is 0.128 e. The van der Waals surface area contributed by atoms with Crippen molar-refractivity contribution in [2.24, 2.45) is 0 Å². The second kappa shape index (κ2) is 6.48. The molecule has 0 aliphatic rings. The number of ether oxygens (including phenoxy) is 2. The van der Waals surface area contributed by atoms with Crippen LogP contribution in [0.1, 0.15) is 17.2 Å². The van der Waals surface area contributed by atoms with E-state index in [0.717, 1.165) is 4.47 Å². The first kappa shape index (κ1) is 15.2. The van der Waals surface area contributed by atoms with Crippen LogP contribution in [0.15, 0.2) is 40.9 Å². The van der Waals surface area contributed by atoms with Gasteiger partial charge in [-0.3, -0.25) is 0 Å². The first-order chi connectivity index (χ1) is 9.56. The van der Waals surface area contributed by atoms with E-state index in [1.807, 2.05) is 6.07 Å². The van der Waals surface area contributed by atoms with Gasteiger partial charge in [0.15, 0.2) is 0 Å². The van der Waals surface area contributed by atoms with Gasteiger partial charge in [0, 0.05) is 16.1 Å². The first-order valence-corrected chi connectivity index (χ1v) is 7.09. The highest BCUT2D eigenvalue weighted by atomic mass is 79.9. The number of aliphatic hydroxyl groups is 1. The summed E-state index contributed by atoms with van der Waals surface area (Å²) < 4.78 is 11.2. The van der Waals surface area contributed by atoms with Crippen molar-refractivity contribution in [3.8, 4) is 11.5 Å². The quantitative estimate of drug-likeness (QED) is 0.891. The lowest BCUT2D eigenvalue weighted by atomic mass is 10.0. The third-order valence-corrected chi connectivity index (χ3v) is 4.23. The highest BCUT2D eigenvalue weighted by molar-refractivity contribution is 9.10. The van der Waals surface area contributed by atoms with Crippen molar-refractivity contribution in [2.45, 2.75) is 6.10 Å². The number of rotatable bonds is 4. The van der Waals surface area contributed by atoms with Crippen LogP contribution in [0.4, 0.5) is 0 Å². The van der Waals surface area contributed by atoms with Crippen molar-refractivity contribution < 1.29 is 14.6 Å². The van der Waals surface area contributed by atoms with Crippen LogP contribution in [0.3, 0.4) is 0 Å². The van der Waals surface area contributed by atoms with Gasteiger partial charge in [-0.1, -0.05) is 17.7 Å². The summed E-state index contributed by atoms with van der Waals surface area (Å²) >= 11 is 9.38. The molecule has 0 saturated carbocycles. The maximum absolute atomic E-state index is 10.5. The molecule has 2 rings (SSSR count). The lowest BCUT2D eigenvalue weighted by Crippen LogP contribution is -2.03. The fourth-order valence-electron chi connectivity index (χ4n) is 1.91. The van der Waals surface area contributed by atoms with E-state index in [-0.39, 0.29) is 0 Å². The Hall–Kier alpha value is -1.23. The highest BCUT2D eigenvalue weighted by Crippen LogP contribution is 2.35. The van der Waals surface area contributed by atoms with E-state index in [1.165, 1.54) is 0 Å². The second-order valence-electron chi connectivity index (χ2n) is 4.18. The predicted octanol–water partition coefficient (Wildman–Crippen LogP) is 4.20. The third-order valence-electron chi connectivity index (χ3n) is 2.99. The zero-order chi connectivity index (χ0) is 14.7. The lowest BCUT2D eigenvalue weighted by molar-refractivity contribution is 0.214. The second-order valence-corrected chi connectivity index (χ2v) is 5.45. The van der Waals surface area contributed by atoms with Crippen LogP contribution >= 0.6 is 27.5 Å². The van der Waals surface area contributed by atoms with E-state index in [1.54, 1.807) is 44.6 Å². The molecule has 0 amide bonds. The molecular weight excluding hydrogens is 344 g/mol. The molecule has 0 heterocycles. The summed E-state index contributed by atoms with van der Waals surface area (Å²) in [5.41, 5.74) is 1.35. The number of benzene rings is 2. The Bertz CT molecular complexity index is 616. The maximum Gasteiger partial charge on any atom is 0.128 e. The predicted molar refractivity (Wildman–Crippen MR) is 82.8 cm³/mol. The molecule has 0 bridgehead atoms. The van der Waals surface area contributed by atoms with E-state index >= 15 is 0 Å². The minimum absolute atomic E-state index is 0.550. The van der Waals surface area contributed by atoms with Crippen molar-refractivity contribution in [1.29, 1.82) is 0 Å². The van der Waals surface area contributed by atoms with E-state index in [9.17, 15) is 5.11 Å². The minimum atomic E-state index is -0.818. The van der Waals surface area contributed by atoms with Crippen LogP contribution in [0.25, 0.3) is 0 Å². The number of aliphatic hydroxyl groups excluding tert-OH is 1. The first-order valence-electron chi connectivity index (χ1n) is 5.91. The molecule has 0 aromatic heterocycles. The Labute approximate surface area is 131 Å². The summed E-state index contributed by atoms with van der Waals surface area (Å²) in [4.78, 5) is 0. The number of methoxy groups -OCH3 is 2. The van der Waals surface area contributed by atoms with Gasteiger partial charge in [0.1, 0.15) is 17.6 Å². The van der Waals surface area contributed by atoms with Gasteiger partial charge in [-0.05, 0) is 45.8 Å². The molecule has 3 nitrogen and oxygen atoms in total. The van der Waals surface area contributed by atoms with Gasteiger partial charge in [-0.15, -0.1) is 0 Å². The Morgan fingerprint density at radius 1 is 1.10 bits per heavy atom. The molecule has 5 heteroatoms. The van der Waals surface area contributed by atoms with Crippen LogP contribution < -0.4 is 9.47 Å². The molecule has 1 N–H and O–H groups in total. The van der Waals surface area contributed by atoms with Crippen LogP contribution in [-0.2, 0) is 0 Å². The standard InChI is InChI=1S/C15H14BrClO3/c1-19-10-4-5-11(14(8-10)20-2)15(18)9-3-6-12(16)13(17)7-9/h3-8,15,18H,1-2H3. The van der Waals surface area contributed by atoms with Crippen molar-refractivity contribution >= 4 is 27.5 Å². The molecule has 1 unspecified atom stereocenters. The van der Waals surface area contributed by atoms with Crippen LogP contribution in [0.5, 0.6) is 11.5 Å². The van der Waals surface area contributed by atoms with Gasteiger partial charge >= 0.3 is 0 Å². The number of hydrogen-bond donors (Lipinski definition) is 1. The third kappa shape index (κ3) is 3.08. The lowest BCUT2D eigenvalue weighted by Gasteiger charge is -2.16. The fraction of sp³-hybridized carbons (Fsp3) is 0.200. The highest BCUT2D eigenvalue weighted by Gasteiger charge is 2.17. The molecule has 2 aromatic rings. The van der Waals surface area contributed by atoms with E-state index in [2.05, 4.69) is 15.9 Å². The minimum Gasteiger partial charge on any atom is -0.497 e. The summed E-state index contributed by atoms with van der Waals surface area (Å²) in [7, 11) is 3.14. The van der Waals surface area contributed by atoms with Crippen molar-refractivity contribution in [3.63, 3.8) is 0 Å². The molecule has 0 aliphatic carbocycles. The van der Waals surface area contributed by atoms with Gasteiger partial charge in [0.2, 0.25) is 0 Å². The molecule has 0 saturated heterocycles. The molecule has 106 valence electrons. The molecule has 0 fully saturated rings. The molecule has 0 spiro atoms. The van der Waals surface area contributed by atoms with E-state index < -0.39 is 6.10 Å². The summed E-state index contributed by atoms with van der Waals surface area (Å²) in [6.45, 7) is 0. The molecular formula is C15H14BrClO3. The molecule has 0 radical (unpaired) electrons. The Balaban J connectivity index is 2.41. The Morgan fingerprint density at radius 2 is 1.85 bits per heavy atom. The van der Waals surface area contributed by atoms with E-state index in [4.69, 9.17) is 21.1 Å². The summed E-state index contributed by atoms with van der Waals surface area (Å²) in [6.07, 6.45) is -0.818. The SMILES string of the molecule is COc1ccc(C(O)c2ccc(Br)c(Cl)c2)c(OC)c1. The van der Waals surface area contributed by atoms with E-state index in [0.29, 0.717) is 27.6 Å².